The van der Waals surface area contributed by atoms with E-state index in [4.69, 9.17) is 17.2 Å². The topological polar surface area (TPSA) is 394 Å². The van der Waals surface area contributed by atoms with Crippen LogP contribution in [-0.2, 0) is 43.2 Å². The first-order chi connectivity index (χ1) is 34.0. The maximum Gasteiger partial charge on any atom is 0.253 e. The van der Waals surface area contributed by atoms with Gasteiger partial charge in [-0.3, -0.25) is 57.9 Å². The molecule has 72 heavy (non-hydrogen) atoms. The summed E-state index contributed by atoms with van der Waals surface area (Å²) in [5, 5.41) is 31.1. The summed E-state index contributed by atoms with van der Waals surface area (Å²) in [6.07, 6.45) is 2.60. The molecule has 25 nitrogen and oxygen atoms in total. The van der Waals surface area contributed by atoms with Gasteiger partial charge in [-0.15, -0.1) is 0 Å². The van der Waals surface area contributed by atoms with E-state index >= 15 is 0 Å². The SMILES string of the molecule is CCNC(=O)[C@@H]1CCCN1C(=O)[C@H](CCCN=C(N)N)NC(=O)[C@@H](NC(=O)[C@H](CCC(N)=O)NC(=O)[C@H](CO)NC(=O)[C@H](NC(=O)[C@@H](NC(=O)CNC(=O)c1ccc(C)nc1)C(C)C)[C@H](C)CC)[C@@H](C)CC. The smallest absolute Gasteiger partial charge is 0.253 e. The van der Waals surface area contributed by atoms with Crippen LogP contribution < -0.4 is 59.7 Å². The Morgan fingerprint density at radius 1 is 0.736 bits per heavy atom. The number of carbonyl (C=O) groups excluding carboxylic acids is 10. The molecule has 0 radical (unpaired) electrons. The summed E-state index contributed by atoms with van der Waals surface area (Å²) in [4.78, 5) is 143. The van der Waals surface area contributed by atoms with Crippen molar-refractivity contribution >= 4 is 65.0 Å². The van der Waals surface area contributed by atoms with E-state index in [-0.39, 0.29) is 49.8 Å². The summed E-state index contributed by atoms with van der Waals surface area (Å²) >= 11 is 0. The summed E-state index contributed by atoms with van der Waals surface area (Å²) in [7, 11) is 0. The van der Waals surface area contributed by atoms with Gasteiger partial charge in [0.05, 0.1) is 18.7 Å². The van der Waals surface area contributed by atoms with E-state index in [9.17, 15) is 53.1 Å². The molecular weight excluding hydrogens is 937 g/mol. The average Bonchev–Trinajstić information content (AvgIpc) is 3.84. The van der Waals surface area contributed by atoms with Crippen LogP contribution >= 0.6 is 0 Å². The Bertz CT molecular complexity index is 2070. The normalized spacial score (nSPS) is 16.5. The molecule has 15 N–H and O–H groups in total. The van der Waals surface area contributed by atoms with E-state index in [1.807, 2.05) is 0 Å². The molecule has 0 bridgehead atoms. The summed E-state index contributed by atoms with van der Waals surface area (Å²) in [5.41, 5.74) is 17.3. The Hall–Kier alpha value is -6.92. The second kappa shape index (κ2) is 30.7. The molecule has 1 fully saturated rings. The molecule has 0 saturated carbocycles. The lowest BCUT2D eigenvalue weighted by Gasteiger charge is -2.31. The van der Waals surface area contributed by atoms with Crippen molar-refractivity contribution in [3.05, 3.63) is 29.6 Å². The van der Waals surface area contributed by atoms with Crippen LogP contribution in [0.25, 0.3) is 0 Å². The van der Waals surface area contributed by atoms with Crippen molar-refractivity contribution in [2.45, 2.75) is 149 Å². The van der Waals surface area contributed by atoms with E-state index in [0.717, 1.165) is 0 Å². The number of aliphatic hydroxyl groups is 1. The molecule has 0 aromatic carbocycles. The fourth-order valence-electron chi connectivity index (χ4n) is 7.63. The zero-order valence-electron chi connectivity index (χ0n) is 42.8. The first-order valence-electron chi connectivity index (χ1n) is 24.5. The third-order valence-electron chi connectivity index (χ3n) is 12.3. The van der Waals surface area contributed by atoms with Gasteiger partial charge in [0.15, 0.2) is 5.96 Å². The molecule has 0 aliphatic carbocycles. The van der Waals surface area contributed by atoms with E-state index in [1.54, 1.807) is 67.5 Å². The highest BCUT2D eigenvalue weighted by Crippen LogP contribution is 2.21. The van der Waals surface area contributed by atoms with Gasteiger partial charge in [-0.1, -0.05) is 54.4 Å². The van der Waals surface area contributed by atoms with Gasteiger partial charge in [0, 0.05) is 37.9 Å². The number of nitrogens with one attached hydrogen (secondary N) is 8. The number of nitrogens with zero attached hydrogens (tertiary/aromatic N) is 3. The monoisotopic (exact) mass is 1010 g/mol. The third kappa shape index (κ3) is 19.7. The van der Waals surface area contributed by atoms with Gasteiger partial charge in [-0.2, -0.15) is 0 Å². The summed E-state index contributed by atoms with van der Waals surface area (Å²) in [5.74, 6) is -9.08. The van der Waals surface area contributed by atoms with E-state index < -0.39 is 133 Å². The number of hydrogen-bond donors (Lipinski definition) is 12. The zero-order chi connectivity index (χ0) is 54.2. The Labute approximate surface area is 420 Å². The van der Waals surface area contributed by atoms with Crippen LogP contribution in [0.3, 0.4) is 0 Å². The Morgan fingerprint density at radius 2 is 1.31 bits per heavy atom. The second-order valence-electron chi connectivity index (χ2n) is 18.3. The number of aromatic nitrogens is 1. The summed E-state index contributed by atoms with van der Waals surface area (Å²) in [6.45, 7) is 13.0. The maximum atomic E-state index is 14.2. The van der Waals surface area contributed by atoms with Gasteiger partial charge in [0.1, 0.15) is 42.3 Å². The molecular formula is C47H78N14O11. The van der Waals surface area contributed by atoms with E-state index in [2.05, 4.69) is 52.5 Å². The lowest BCUT2D eigenvalue weighted by Crippen LogP contribution is -2.62. The molecule has 1 aliphatic heterocycles. The van der Waals surface area contributed by atoms with Crippen LogP contribution in [0.2, 0.25) is 0 Å². The number of primary amides is 1. The minimum Gasteiger partial charge on any atom is -0.394 e. The minimum absolute atomic E-state index is 0.0673. The number of carbonyl (C=O) groups is 10. The van der Waals surface area contributed by atoms with Crippen LogP contribution in [0, 0.1) is 24.7 Å². The van der Waals surface area contributed by atoms with Crippen molar-refractivity contribution in [2.75, 3.05) is 32.8 Å². The number of rotatable bonds is 30. The lowest BCUT2D eigenvalue weighted by molar-refractivity contribution is -0.142. The van der Waals surface area contributed by atoms with Gasteiger partial charge in [0.2, 0.25) is 53.2 Å². The van der Waals surface area contributed by atoms with Crippen molar-refractivity contribution in [3.63, 3.8) is 0 Å². The Kier molecular flexibility index (Phi) is 26.1. The van der Waals surface area contributed by atoms with Gasteiger partial charge in [-0.05, 0) is 75.8 Å². The van der Waals surface area contributed by atoms with Gasteiger partial charge < -0.3 is 69.7 Å². The summed E-state index contributed by atoms with van der Waals surface area (Å²) < 4.78 is 0. The highest BCUT2D eigenvalue weighted by Gasteiger charge is 2.40. The van der Waals surface area contributed by atoms with Crippen molar-refractivity contribution in [3.8, 4) is 0 Å². The molecule has 1 aromatic rings. The molecule has 402 valence electrons. The van der Waals surface area contributed by atoms with Crippen molar-refractivity contribution in [1.29, 1.82) is 0 Å². The predicted molar refractivity (Wildman–Crippen MR) is 265 cm³/mol. The molecule has 9 atom stereocenters. The molecule has 2 heterocycles. The van der Waals surface area contributed by atoms with Gasteiger partial charge >= 0.3 is 0 Å². The second-order valence-corrected chi connectivity index (χ2v) is 18.3. The summed E-state index contributed by atoms with van der Waals surface area (Å²) in [6, 6.07) is -5.76. The highest BCUT2D eigenvalue weighted by molar-refractivity contribution is 5.99. The average molecular weight is 1020 g/mol. The molecule has 0 unspecified atom stereocenters. The fraction of sp³-hybridized carbons (Fsp3) is 0.660. The minimum atomic E-state index is -1.70. The lowest BCUT2D eigenvalue weighted by atomic mass is 9.96. The molecule has 10 amide bonds. The number of amides is 10. The number of likely N-dealkylation sites (N-methyl/N-ethyl adjacent to an activating group) is 1. The van der Waals surface area contributed by atoms with Gasteiger partial charge in [0.25, 0.3) is 5.91 Å². The van der Waals surface area contributed by atoms with Gasteiger partial charge in [-0.25, -0.2) is 0 Å². The number of guanidine groups is 1. The largest absolute Gasteiger partial charge is 0.394 e. The van der Waals surface area contributed by atoms with Crippen LogP contribution in [-0.4, -0.2) is 155 Å². The van der Waals surface area contributed by atoms with Crippen LogP contribution in [0.15, 0.2) is 23.3 Å². The molecule has 1 aromatic heterocycles. The number of pyridine rings is 1. The molecule has 1 aliphatic rings. The zero-order valence-corrected chi connectivity index (χ0v) is 42.8. The van der Waals surface area contributed by atoms with E-state index in [1.165, 1.54) is 11.1 Å². The number of aliphatic imine (C=N–C) groups is 1. The maximum absolute atomic E-state index is 14.2. The standard InChI is InChI=1S/C47H78N14O11/c1-9-26(6)37(44(70)56-31(14-12-20-52-47(49)50)46(72)61-21-13-15-33(61)42(68)51-11-3)59-40(66)30(18-19-34(48)63)55-41(67)32(24-62)57-45(71)38(27(7)10-2)60-43(69)36(25(4)5)58-35(64)23-54-39(65)29-17-16-28(8)53-22-29/h16-17,22,25-27,30-33,36-38,62H,9-15,18-21,23-24H2,1-8H3,(H2,48,63)(H,51,68)(H,54,65)(H,55,67)(H,56,70)(H,57,71)(H,58,64)(H,59,66)(H,60,69)(H4,49,50,52)/t26-,27+,30-,31-,32-,33-,36-,37-,38+/m0/s1. The predicted octanol–water partition coefficient (Wildman–Crippen LogP) is -2.78. The number of aliphatic hydroxyl groups excluding tert-OH is 1. The van der Waals surface area contributed by atoms with Crippen LogP contribution in [0.5, 0.6) is 0 Å². The van der Waals surface area contributed by atoms with Crippen LogP contribution in [0.4, 0.5) is 0 Å². The quantitative estimate of drug-likeness (QED) is 0.0211. The molecule has 1 saturated heterocycles. The number of hydrogen-bond acceptors (Lipinski definition) is 13. The highest BCUT2D eigenvalue weighted by atomic mass is 16.3. The molecule has 2 rings (SSSR count). The van der Waals surface area contributed by atoms with Crippen molar-refractivity contribution in [1.82, 2.24) is 52.4 Å². The Balaban J connectivity index is 2.29. The Morgan fingerprint density at radius 3 is 1.83 bits per heavy atom. The van der Waals surface area contributed by atoms with E-state index in [0.29, 0.717) is 37.9 Å². The molecule has 0 spiro atoms. The first kappa shape index (κ1) is 61.2. The first-order valence-corrected chi connectivity index (χ1v) is 24.5. The number of aryl methyl sites for hydroxylation is 1. The number of nitrogens with two attached hydrogens (primary N) is 3. The van der Waals surface area contributed by atoms with Crippen molar-refractivity contribution in [2.24, 2.45) is 39.9 Å². The van der Waals surface area contributed by atoms with Crippen LogP contribution in [0.1, 0.15) is 116 Å². The fourth-order valence-corrected chi connectivity index (χ4v) is 7.63. The van der Waals surface area contributed by atoms with Crippen molar-refractivity contribution < 1.29 is 53.1 Å². The third-order valence-corrected chi connectivity index (χ3v) is 12.3. The molecule has 25 heteroatoms. The number of likely N-dealkylation sites (tertiary alicyclic amines) is 1.